The van der Waals surface area contributed by atoms with Gasteiger partial charge in [-0.15, -0.1) is 0 Å². The van der Waals surface area contributed by atoms with Crippen molar-refractivity contribution in [3.63, 3.8) is 0 Å². The van der Waals surface area contributed by atoms with Gasteiger partial charge in [0.25, 0.3) is 0 Å². The molecule has 0 aliphatic carbocycles. The third-order valence-electron chi connectivity index (χ3n) is 2.72. The van der Waals surface area contributed by atoms with E-state index in [0.717, 1.165) is 31.9 Å². The third kappa shape index (κ3) is 2.85. The first-order valence-corrected chi connectivity index (χ1v) is 5.42. The van der Waals surface area contributed by atoms with Gasteiger partial charge in [-0.05, 0) is 25.5 Å². The number of nitrogens with two attached hydrogens (primary N) is 1. The summed E-state index contributed by atoms with van der Waals surface area (Å²) in [5, 5.41) is 3.13. The molecule has 0 bridgehead atoms. The van der Waals surface area contributed by atoms with Gasteiger partial charge in [-0.3, -0.25) is 0 Å². The second-order valence-electron chi connectivity index (χ2n) is 4.04. The number of hydrogen-bond donors (Lipinski definition) is 2. The number of anilines is 1. The molecule has 1 saturated heterocycles. The van der Waals surface area contributed by atoms with Gasteiger partial charge in [0.15, 0.2) is 0 Å². The number of hydrogen-bond acceptors (Lipinski definition) is 4. The van der Waals surface area contributed by atoms with Gasteiger partial charge in [-0.1, -0.05) is 6.42 Å². The van der Waals surface area contributed by atoms with E-state index in [1.54, 1.807) is 0 Å². The summed E-state index contributed by atoms with van der Waals surface area (Å²) in [7, 11) is 0. The molecule has 1 atom stereocenters. The Kier molecular flexibility index (Phi) is 3.19. The smallest absolute Gasteiger partial charge is 0.368 e. The maximum Gasteiger partial charge on any atom is 0.433 e. The number of nitrogens with zero attached hydrogens (tertiary/aromatic N) is 2. The molecule has 1 aromatic heterocycles. The summed E-state index contributed by atoms with van der Waals surface area (Å²) < 4.78 is 37.6. The molecule has 1 aliphatic rings. The molecule has 0 radical (unpaired) electrons. The minimum absolute atomic E-state index is 0.157. The first kappa shape index (κ1) is 12.1. The molecule has 4 nitrogen and oxygen atoms in total. The van der Waals surface area contributed by atoms with E-state index in [1.165, 1.54) is 0 Å². The van der Waals surface area contributed by atoms with Crippen LogP contribution >= 0.6 is 0 Å². The predicted molar refractivity (Wildman–Crippen MR) is 56.0 cm³/mol. The fourth-order valence-electron chi connectivity index (χ4n) is 1.91. The molecular formula is C10H13F3N4. The lowest BCUT2D eigenvalue weighted by molar-refractivity contribution is -0.141. The number of alkyl halides is 3. The maximum absolute atomic E-state index is 12.5. The van der Waals surface area contributed by atoms with Crippen LogP contribution in [0.25, 0.3) is 0 Å². The van der Waals surface area contributed by atoms with E-state index in [1.807, 2.05) is 0 Å². The Hall–Kier alpha value is -1.37. The summed E-state index contributed by atoms with van der Waals surface area (Å²) in [5.74, 6) is -0.331. The molecule has 0 saturated carbocycles. The van der Waals surface area contributed by atoms with Crippen LogP contribution in [-0.2, 0) is 6.18 Å². The second-order valence-corrected chi connectivity index (χ2v) is 4.04. The van der Waals surface area contributed by atoms with Crippen molar-refractivity contribution < 1.29 is 13.2 Å². The van der Waals surface area contributed by atoms with Crippen LogP contribution in [0.1, 0.15) is 36.7 Å². The van der Waals surface area contributed by atoms with Crippen molar-refractivity contribution in [2.75, 3.05) is 12.3 Å². The van der Waals surface area contributed by atoms with Crippen molar-refractivity contribution in [1.82, 2.24) is 15.3 Å². The minimum Gasteiger partial charge on any atom is -0.368 e. The largest absolute Gasteiger partial charge is 0.433 e. The van der Waals surface area contributed by atoms with Gasteiger partial charge in [0.05, 0.1) is 5.69 Å². The molecule has 2 rings (SSSR count). The number of aromatic nitrogens is 2. The zero-order valence-electron chi connectivity index (χ0n) is 9.09. The van der Waals surface area contributed by atoms with E-state index in [-0.39, 0.29) is 12.0 Å². The molecule has 1 aliphatic heterocycles. The Morgan fingerprint density at radius 2 is 2.06 bits per heavy atom. The zero-order chi connectivity index (χ0) is 12.5. The molecule has 0 aromatic carbocycles. The lowest BCUT2D eigenvalue weighted by Gasteiger charge is -2.23. The van der Waals surface area contributed by atoms with Crippen LogP contribution in [0, 0.1) is 0 Å². The van der Waals surface area contributed by atoms with Crippen LogP contribution < -0.4 is 11.1 Å². The van der Waals surface area contributed by atoms with Crippen LogP contribution in [0.2, 0.25) is 0 Å². The molecule has 3 N–H and O–H groups in total. The minimum atomic E-state index is -4.49. The molecular weight excluding hydrogens is 233 g/mol. The molecule has 17 heavy (non-hydrogen) atoms. The van der Waals surface area contributed by atoms with Crippen molar-refractivity contribution >= 4 is 5.95 Å². The Bertz CT molecular complexity index is 399. The van der Waals surface area contributed by atoms with Crippen molar-refractivity contribution in [3.8, 4) is 0 Å². The lowest BCUT2D eigenvalue weighted by Crippen LogP contribution is -2.28. The monoisotopic (exact) mass is 246 g/mol. The van der Waals surface area contributed by atoms with Crippen molar-refractivity contribution in [2.24, 2.45) is 0 Å². The summed E-state index contributed by atoms with van der Waals surface area (Å²) in [6, 6.07) is 0.814. The van der Waals surface area contributed by atoms with E-state index in [4.69, 9.17) is 5.73 Å². The van der Waals surface area contributed by atoms with Crippen molar-refractivity contribution in [1.29, 1.82) is 0 Å². The zero-order valence-corrected chi connectivity index (χ0v) is 9.09. The number of nitrogens with one attached hydrogen (secondary N) is 1. The van der Waals surface area contributed by atoms with Gasteiger partial charge in [0.2, 0.25) is 5.95 Å². The molecule has 94 valence electrons. The van der Waals surface area contributed by atoms with Crippen LogP contribution in [0.3, 0.4) is 0 Å². The maximum atomic E-state index is 12.5. The highest BCUT2D eigenvalue weighted by atomic mass is 19.4. The van der Waals surface area contributed by atoms with E-state index < -0.39 is 11.9 Å². The van der Waals surface area contributed by atoms with Crippen molar-refractivity contribution in [3.05, 3.63) is 17.5 Å². The van der Waals surface area contributed by atoms with E-state index in [9.17, 15) is 13.2 Å². The average molecular weight is 246 g/mol. The summed E-state index contributed by atoms with van der Waals surface area (Å²) in [5.41, 5.74) is 4.66. The highest BCUT2D eigenvalue weighted by molar-refractivity contribution is 5.26. The lowest BCUT2D eigenvalue weighted by atomic mass is 10.0. The molecule has 7 heteroatoms. The number of rotatable bonds is 1. The standard InChI is InChI=1S/C10H13F3N4/c11-10(12,13)8-5-7(16-9(14)17-8)6-3-1-2-4-15-6/h5-6,15H,1-4H2,(H2,14,16,17)/t6-/m0/s1. The van der Waals surface area contributed by atoms with Gasteiger partial charge in [0, 0.05) is 6.04 Å². The Morgan fingerprint density at radius 3 is 2.65 bits per heavy atom. The third-order valence-corrected chi connectivity index (χ3v) is 2.72. The summed E-state index contributed by atoms with van der Waals surface area (Å²) in [6.07, 6.45) is -1.71. The van der Waals surface area contributed by atoms with Gasteiger partial charge < -0.3 is 11.1 Å². The quantitative estimate of drug-likeness (QED) is 0.794. The molecule has 0 amide bonds. The number of nitrogen functional groups attached to an aromatic ring is 1. The van der Waals surface area contributed by atoms with Gasteiger partial charge in [0.1, 0.15) is 5.69 Å². The van der Waals surface area contributed by atoms with Gasteiger partial charge in [-0.25, -0.2) is 9.97 Å². The fraction of sp³-hybridized carbons (Fsp3) is 0.600. The summed E-state index contributed by atoms with van der Waals surface area (Å²) >= 11 is 0. The van der Waals surface area contributed by atoms with E-state index in [2.05, 4.69) is 15.3 Å². The first-order valence-electron chi connectivity index (χ1n) is 5.42. The number of piperidine rings is 1. The predicted octanol–water partition coefficient (Wildman–Crippen LogP) is 1.89. The number of halogens is 3. The highest BCUT2D eigenvalue weighted by Gasteiger charge is 2.34. The fourth-order valence-corrected chi connectivity index (χ4v) is 1.91. The van der Waals surface area contributed by atoms with Crippen molar-refractivity contribution in [2.45, 2.75) is 31.5 Å². The molecule has 1 aromatic rings. The van der Waals surface area contributed by atoms with Crippen LogP contribution in [-0.4, -0.2) is 16.5 Å². The Morgan fingerprint density at radius 1 is 1.29 bits per heavy atom. The molecule has 0 spiro atoms. The van der Waals surface area contributed by atoms with Crippen LogP contribution in [0.5, 0.6) is 0 Å². The van der Waals surface area contributed by atoms with Gasteiger partial charge in [-0.2, -0.15) is 13.2 Å². The SMILES string of the molecule is Nc1nc([C@@H]2CCCCN2)cc(C(F)(F)F)n1. The van der Waals surface area contributed by atoms with Crippen LogP contribution in [0.4, 0.5) is 19.1 Å². The molecule has 0 unspecified atom stereocenters. The Labute approximate surface area is 96.4 Å². The Balaban J connectivity index is 2.31. The normalized spacial score (nSPS) is 21.5. The van der Waals surface area contributed by atoms with E-state index in [0.29, 0.717) is 5.69 Å². The van der Waals surface area contributed by atoms with Gasteiger partial charge >= 0.3 is 6.18 Å². The second kappa shape index (κ2) is 4.48. The highest BCUT2D eigenvalue weighted by Crippen LogP contribution is 2.30. The summed E-state index contributed by atoms with van der Waals surface area (Å²) in [6.45, 7) is 0.788. The summed E-state index contributed by atoms with van der Waals surface area (Å²) in [4.78, 5) is 7.09. The first-order chi connectivity index (χ1) is 7.97. The molecule has 2 heterocycles. The van der Waals surface area contributed by atoms with Crippen LogP contribution in [0.15, 0.2) is 6.07 Å². The topological polar surface area (TPSA) is 63.8 Å². The van der Waals surface area contributed by atoms with E-state index >= 15 is 0 Å². The molecule has 1 fully saturated rings. The average Bonchev–Trinajstić information content (AvgIpc) is 2.28.